The number of fused-ring (bicyclic) bond motifs is 10. The number of H-pyrrole nitrogens is 3. The molecule has 6 fully saturated rings. The smallest absolute Gasteiger partial charge is 0.407 e. The van der Waals surface area contributed by atoms with E-state index < -0.39 is 123 Å². The minimum atomic E-state index is -3.31. The Bertz CT molecular complexity index is 5580. The number of anilines is 1. The normalized spacial score (nSPS) is 25.6. The van der Waals surface area contributed by atoms with Crippen LogP contribution < -0.4 is 26.6 Å². The van der Waals surface area contributed by atoms with Gasteiger partial charge in [-0.1, -0.05) is 84.9 Å². The van der Waals surface area contributed by atoms with Gasteiger partial charge in [0, 0.05) is 45.4 Å². The number of carbonyl (C=O) groups excluding carboxylic acids is 8. The zero-order valence-corrected chi connectivity index (χ0v) is 65.0. The summed E-state index contributed by atoms with van der Waals surface area (Å²) in [5.74, 6) is -1.68. The molecular formula is C87H99F2N15O12. The minimum absolute atomic E-state index is 0.0264. The monoisotopic (exact) mass is 1590 g/mol. The Morgan fingerprint density at radius 1 is 0.466 bits per heavy atom. The summed E-state index contributed by atoms with van der Waals surface area (Å²) < 4.78 is 130. The van der Waals surface area contributed by atoms with Gasteiger partial charge in [0.2, 0.25) is 29.5 Å². The highest BCUT2D eigenvalue weighted by Crippen LogP contribution is 2.60. The number of rotatable bonds is 21. The highest BCUT2D eigenvalue weighted by Gasteiger charge is 2.46. The van der Waals surface area contributed by atoms with Crippen LogP contribution in [0.3, 0.4) is 0 Å². The van der Waals surface area contributed by atoms with E-state index in [1.165, 1.54) is 63.5 Å². The lowest BCUT2D eigenvalue weighted by atomic mass is 9.81. The van der Waals surface area contributed by atoms with Crippen molar-refractivity contribution in [1.82, 2.24) is 70.8 Å². The van der Waals surface area contributed by atoms with Gasteiger partial charge < -0.3 is 80.1 Å². The molecule has 8 amide bonds. The van der Waals surface area contributed by atoms with Crippen LogP contribution in [-0.2, 0) is 42.9 Å². The second-order valence-corrected chi connectivity index (χ2v) is 30.7. The van der Waals surface area contributed by atoms with Crippen molar-refractivity contribution in [3.05, 3.63) is 168 Å². The molecule has 608 valence electrons. The molecule has 7 unspecified atom stereocenters. The number of likely N-dealkylation sites (tertiary alicyclic amines) is 4. The van der Waals surface area contributed by atoms with Gasteiger partial charge in [-0.2, -0.15) is 0 Å². The number of halogens is 2. The second kappa shape index (κ2) is 33.5. The van der Waals surface area contributed by atoms with Crippen LogP contribution in [0, 0.1) is 0 Å². The molecule has 4 saturated heterocycles. The van der Waals surface area contributed by atoms with Crippen molar-refractivity contribution in [3.8, 4) is 67.2 Å². The van der Waals surface area contributed by atoms with E-state index in [1.807, 2.05) is 72.0 Å². The molecule has 8 N–H and O–H groups in total. The van der Waals surface area contributed by atoms with Crippen LogP contribution in [0.5, 0.6) is 0 Å². The van der Waals surface area contributed by atoms with Crippen LogP contribution in [0.4, 0.5) is 28.9 Å². The fraction of sp³-hybridized carbons (Fsp3) is 0.437. The average molecular weight is 1590 g/mol. The van der Waals surface area contributed by atoms with Gasteiger partial charge in [0.15, 0.2) is 5.88 Å². The fourth-order valence-electron chi connectivity index (χ4n) is 18.4. The van der Waals surface area contributed by atoms with Crippen molar-refractivity contribution in [1.29, 1.82) is 0 Å². The second-order valence-electron chi connectivity index (χ2n) is 30.7. The van der Waals surface area contributed by atoms with Crippen LogP contribution >= 0.6 is 0 Å². The van der Waals surface area contributed by atoms with E-state index in [-0.39, 0.29) is 43.5 Å². The fourth-order valence-corrected chi connectivity index (χ4v) is 18.4. The Kier molecular flexibility index (Phi) is 19.5. The lowest BCUT2D eigenvalue weighted by Crippen LogP contribution is -2.51. The predicted octanol–water partition coefficient (Wildman–Crippen LogP) is 13.4. The van der Waals surface area contributed by atoms with Gasteiger partial charge >= 0.3 is 18.3 Å². The minimum Gasteiger partial charge on any atom is -0.483 e. The van der Waals surface area contributed by atoms with Gasteiger partial charge in [-0.25, -0.2) is 38.1 Å². The highest BCUT2D eigenvalue weighted by molar-refractivity contribution is 5.99. The van der Waals surface area contributed by atoms with E-state index in [2.05, 4.69) is 102 Å². The van der Waals surface area contributed by atoms with Crippen LogP contribution in [0.1, 0.15) is 200 Å². The summed E-state index contributed by atoms with van der Waals surface area (Å²) in [7, 11) is 4.52. The summed E-state index contributed by atoms with van der Waals surface area (Å²) in [5.41, 5.74) is 16.8. The van der Waals surface area contributed by atoms with E-state index >= 15 is 4.39 Å². The third kappa shape index (κ3) is 15.8. The molecule has 8 aromatic rings. The third-order valence-corrected chi connectivity index (χ3v) is 23.8. The van der Waals surface area contributed by atoms with Gasteiger partial charge in [-0.3, -0.25) is 24.0 Å². The number of hydrogen-bond acceptors (Lipinski definition) is 16. The number of alkyl halides is 2. The van der Waals surface area contributed by atoms with Crippen molar-refractivity contribution < 1.29 is 79.8 Å². The molecule has 116 heavy (non-hydrogen) atoms. The van der Waals surface area contributed by atoms with Crippen LogP contribution in [0.15, 0.2) is 128 Å². The number of carbonyl (C=O) groups is 8. The molecule has 7 heterocycles. The molecule has 4 aliphatic carbocycles. The number of imidazole rings is 3. The summed E-state index contributed by atoms with van der Waals surface area (Å²) in [4.78, 5) is 132. The molecule has 2 saturated carbocycles. The maximum Gasteiger partial charge on any atom is 0.407 e. The van der Waals surface area contributed by atoms with E-state index in [4.69, 9.17) is 18.4 Å². The molecule has 5 aromatic carbocycles. The van der Waals surface area contributed by atoms with Crippen molar-refractivity contribution >= 4 is 53.5 Å². The Morgan fingerprint density at radius 3 is 1.37 bits per heavy atom. The zero-order valence-electron chi connectivity index (χ0n) is 75.0. The lowest BCUT2D eigenvalue weighted by molar-refractivity contribution is -0.138. The van der Waals surface area contributed by atoms with Gasteiger partial charge in [0.05, 0.1) is 101 Å². The Morgan fingerprint density at radius 2 is 0.871 bits per heavy atom. The topological polar surface area (TPSA) is 333 Å². The van der Waals surface area contributed by atoms with Crippen LogP contribution in [0.25, 0.3) is 67.2 Å². The predicted molar refractivity (Wildman–Crippen MR) is 429 cm³/mol. The molecule has 8 aliphatic rings. The Labute approximate surface area is 685 Å². The van der Waals surface area contributed by atoms with Gasteiger partial charge in [0.1, 0.15) is 59.9 Å². The summed E-state index contributed by atoms with van der Waals surface area (Å²) in [6.07, 6.45) is 7.21. The molecule has 4 aliphatic heterocycles. The molecule has 3 aromatic heterocycles. The zero-order chi connectivity index (χ0) is 90.2. The SMILES string of the molecule is [2H]C([2H])([2H])[C@]([2H])(NC(=C)OC)C(=O)N1CCCC1c1ncc(-c2ccc(-c3ccc(-c4cccc(NC(=O)C5CCCN5C(=O)[C@]([2H])(C)NC(=O)OC)c4)c4c3C3CCC4C3)cc2)[nH]1.[2H]C([2H])([2H])[C@]([2H])(NC(=O)OC)C(=O)N1C[C@@H](F)CC1c1ncc(-c2ccc(-c3ccc(-c4cnc([C@@H]5C[C@H](F)CN5C(=O)[C@]([2H])(C)NC(=O)OC)[nH]4)cc3)c3c2C2CCC3C2)[nH]1. The molecule has 4 bridgehead atoms. The van der Waals surface area contributed by atoms with Gasteiger partial charge in [-0.15, -0.1) is 0 Å². The number of alkyl carbamates (subject to hydrolysis) is 3. The first-order chi connectivity index (χ1) is 59.8. The van der Waals surface area contributed by atoms with E-state index in [0.29, 0.717) is 84.6 Å². The molecule has 16 rings (SSSR count). The first kappa shape index (κ1) is 67.4. The van der Waals surface area contributed by atoms with Crippen LogP contribution in [0.2, 0.25) is 0 Å². The average Bonchev–Trinajstić information content (AvgIpc) is 1.57. The number of aromatic amines is 3. The van der Waals surface area contributed by atoms with E-state index in [9.17, 15) is 42.7 Å². The maximum atomic E-state index is 15.0. The number of methoxy groups -OCH3 is 4. The van der Waals surface area contributed by atoms with E-state index in [1.54, 1.807) is 18.6 Å². The summed E-state index contributed by atoms with van der Waals surface area (Å²) in [6, 6.07) is 19.3. The number of hydrogen-bond donors (Lipinski definition) is 8. The van der Waals surface area contributed by atoms with Gasteiger partial charge in [0.25, 0.3) is 0 Å². The lowest BCUT2D eigenvalue weighted by Gasteiger charge is -2.27. The van der Waals surface area contributed by atoms with Crippen molar-refractivity contribution in [2.24, 2.45) is 0 Å². The van der Waals surface area contributed by atoms with Crippen molar-refractivity contribution in [2.45, 2.75) is 189 Å². The molecule has 27 nitrogen and oxygen atoms in total. The number of benzene rings is 5. The molecule has 0 spiro atoms. The summed E-state index contributed by atoms with van der Waals surface area (Å²) in [5, 5.41) is 11.7. The van der Waals surface area contributed by atoms with E-state index in [0.717, 1.165) is 115 Å². The maximum absolute atomic E-state index is 15.0. The highest BCUT2D eigenvalue weighted by atomic mass is 19.1. The molecular weight excluding hydrogens is 1490 g/mol. The number of ether oxygens (including phenoxy) is 4. The van der Waals surface area contributed by atoms with Crippen LogP contribution in [-0.4, -0.2) is 194 Å². The molecule has 0 radical (unpaired) electrons. The third-order valence-electron chi connectivity index (χ3n) is 23.8. The largest absolute Gasteiger partial charge is 0.483 e. The van der Waals surface area contributed by atoms with Gasteiger partial charge in [-0.05, 0) is 201 Å². The number of aromatic nitrogens is 6. The number of amides is 8. The number of nitrogens with one attached hydrogen (secondary N) is 8. The Hall–Kier alpha value is -11.9. The summed E-state index contributed by atoms with van der Waals surface area (Å²) >= 11 is 0. The van der Waals surface area contributed by atoms with Crippen molar-refractivity contribution in [2.75, 3.05) is 59.9 Å². The van der Waals surface area contributed by atoms with Crippen molar-refractivity contribution in [3.63, 3.8) is 0 Å². The quantitative estimate of drug-likeness (QED) is 0.0245. The first-order valence-electron chi connectivity index (χ1n) is 44.0. The first-order valence-corrected chi connectivity index (χ1v) is 39.0. The standard InChI is InChI=1S/C46H53N7O6.C41H46F2N8O6/c1-26(48-28(3)58-4)44(55)52-21-7-11-38(52)42-47-25-37(51-42)30-15-13-29(14-16-30)35-19-20-36(41-33-18-17-32(23-33)40(35)41)31-9-6-10-34(24-31)50-43(54)39-12-8-22-53(39)45(56)27(2)49-46(57)59-5;1-20(46-40(54)56-3)38(52)50-18-26(42)14-32(50)36-44-16-30(48-36)23-7-5-22(6-8-23)28-11-12-29(35-25-10-9-24(13-25)34(28)35)31-17-45-37(49-31)33-15-27(43)19-51(33)39(53)21(2)47-41(55)57-4/h6,9-10,13-16,19-20,24-27,32-33,38-39,48H,3,7-8,11-12,17-18,21-23H2,1-2,4-5H3,(H,47,51)(H,49,57)(H,50,54);5-8,11-12,16-17,20-21,24-27,32-33H,9-10,13-15,18-19H2,1-4H3,(H,44,48)(H,45,49)(H,46,54)(H,47,55)/t26-,27-,32?,33?,38?,39?;20-,21-,24?,25?,26-,27-,32-,33?/m00/s1/i1D3,26D,27D;2D3,20D,21D. The molecule has 29 heteroatoms. The summed E-state index contributed by atoms with van der Waals surface area (Å²) in [6.45, 7) is -0.446. The Balaban J connectivity index is 0.000000195. The molecule has 14 atom stereocenters. The number of nitrogens with zero attached hydrogens (tertiary/aromatic N) is 7.